The third-order valence-electron chi connectivity index (χ3n) is 2.14. The molecule has 0 unspecified atom stereocenters. The molecule has 0 amide bonds. The van der Waals surface area contributed by atoms with Crippen LogP contribution in [0, 0.1) is 0 Å². The molecule has 0 aliphatic carbocycles. The van der Waals surface area contributed by atoms with Gasteiger partial charge in [0.1, 0.15) is 17.8 Å². The minimum Gasteiger partial charge on any atom is -0.460 e. The van der Waals surface area contributed by atoms with E-state index in [1.807, 2.05) is 0 Å². The van der Waals surface area contributed by atoms with Crippen LogP contribution in [0.25, 0.3) is 0 Å². The molecule has 1 aliphatic rings. The van der Waals surface area contributed by atoms with E-state index in [4.69, 9.17) is 14.2 Å². The van der Waals surface area contributed by atoms with Crippen molar-refractivity contribution in [3.63, 3.8) is 0 Å². The van der Waals surface area contributed by atoms with Crippen LogP contribution in [0.2, 0.25) is 0 Å². The minimum absolute atomic E-state index is 0.0180. The Morgan fingerprint density at radius 2 is 1.94 bits per heavy atom. The van der Waals surface area contributed by atoms with Gasteiger partial charge >= 0.3 is 5.97 Å². The number of ether oxygens (including phenoxy) is 3. The van der Waals surface area contributed by atoms with Gasteiger partial charge in [0.15, 0.2) is 12.1 Å². The van der Waals surface area contributed by atoms with Gasteiger partial charge < -0.3 is 19.0 Å². The van der Waals surface area contributed by atoms with Crippen molar-refractivity contribution in [2.24, 2.45) is 0 Å². The van der Waals surface area contributed by atoms with Gasteiger partial charge in [-0.15, -0.1) is 0 Å². The first kappa shape index (κ1) is 14.1. The molecule has 98 valence electrons. The van der Waals surface area contributed by atoms with E-state index in [0.29, 0.717) is 6.29 Å². The number of carbonyl (C=O) groups excluding carboxylic acids is 2. The van der Waals surface area contributed by atoms with Crippen LogP contribution in [-0.2, 0) is 23.8 Å². The van der Waals surface area contributed by atoms with Gasteiger partial charge in [-0.25, -0.2) is 0 Å². The monoisotopic (exact) mass is 244 g/mol. The Bertz CT molecular complexity index is 303. The van der Waals surface area contributed by atoms with Crippen molar-refractivity contribution in [2.45, 2.75) is 64.6 Å². The highest BCUT2D eigenvalue weighted by Crippen LogP contribution is 2.29. The molecule has 0 spiro atoms. The lowest BCUT2D eigenvalue weighted by molar-refractivity contribution is -0.163. The summed E-state index contributed by atoms with van der Waals surface area (Å²) in [6.45, 7) is 8.78. The molecule has 0 N–H and O–H groups in total. The lowest BCUT2D eigenvalue weighted by Gasteiger charge is -2.21. The third kappa shape index (κ3) is 4.44. The molecule has 0 aromatic rings. The SMILES string of the molecule is CC(C)(C)OC(=O)C[C@H]1OC(C)(C)O[C@@H]1C=O. The molecule has 1 rings (SSSR count). The van der Waals surface area contributed by atoms with Crippen LogP contribution in [0.5, 0.6) is 0 Å². The average molecular weight is 244 g/mol. The number of aldehydes is 1. The van der Waals surface area contributed by atoms with E-state index in [0.717, 1.165) is 0 Å². The quantitative estimate of drug-likeness (QED) is 0.555. The fraction of sp³-hybridized carbons (Fsp3) is 0.833. The van der Waals surface area contributed by atoms with Gasteiger partial charge in [-0.2, -0.15) is 0 Å². The topological polar surface area (TPSA) is 61.8 Å². The summed E-state index contributed by atoms with van der Waals surface area (Å²) in [5, 5.41) is 0. The van der Waals surface area contributed by atoms with Crippen LogP contribution in [0.3, 0.4) is 0 Å². The number of carbonyl (C=O) groups is 2. The molecule has 1 fully saturated rings. The van der Waals surface area contributed by atoms with Crippen LogP contribution >= 0.6 is 0 Å². The summed E-state index contributed by atoms with van der Waals surface area (Å²) in [7, 11) is 0. The normalized spacial score (nSPS) is 27.8. The minimum atomic E-state index is -0.835. The number of hydrogen-bond acceptors (Lipinski definition) is 5. The zero-order valence-corrected chi connectivity index (χ0v) is 11.0. The standard InChI is InChI=1S/C12H20O5/c1-11(2,3)17-10(14)6-8-9(7-13)16-12(4,5)15-8/h7-9H,6H2,1-5H3/t8-,9-/m1/s1. The van der Waals surface area contributed by atoms with Crippen molar-refractivity contribution in [1.82, 2.24) is 0 Å². The fourth-order valence-electron chi connectivity index (χ4n) is 1.68. The maximum absolute atomic E-state index is 11.6. The molecule has 5 heteroatoms. The largest absolute Gasteiger partial charge is 0.460 e. The van der Waals surface area contributed by atoms with Crippen LogP contribution in [-0.4, -0.2) is 35.9 Å². The van der Waals surface area contributed by atoms with E-state index in [2.05, 4.69) is 0 Å². The van der Waals surface area contributed by atoms with E-state index < -0.39 is 29.6 Å². The molecule has 1 saturated heterocycles. The van der Waals surface area contributed by atoms with E-state index in [1.54, 1.807) is 34.6 Å². The maximum Gasteiger partial charge on any atom is 0.309 e. The Kier molecular flexibility index (Phi) is 3.94. The second kappa shape index (κ2) is 4.74. The molecular formula is C12H20O5. The summed E-state index contributed by atoms with van der Waals surface area (Å²) in [5.74, 6) is -1.23. The van der Waals surface area contributed by atoms with E-state index in [1.165, 1.54) is 0 Å². The average Bonchev–Trinajstić information content (AvgIpc) is 2.36. The Labute approximate surface area is 101 Å². The zero-order valence-electron chi connectivity index (χ0n) is 11.0. The van der Waals surface area contributed by atoms with Gasteiger partial charge in [0.25, 0.3) is 0 Å². The van der Waals surface area contributed by atoms with Crippen LogP contribution in [0.4, 0.5) is 0 Å². The maximum atomic E-state index is 11.6. The Morgan fingerprint density at radius 1 is 1.35 bits per heavy atom. The zero-order chi connectivity index (χ0) is 13.3. The first-order valence-corrected chi connectivity index (χ1v) is 5.66. The number of rotatable bonds is 3. The second-order valence-electron chi connectivity index (χ2n) is 5.57. The molecular weight excluding hydrogens is 224 g/mol. The Hall–Kier alpha value is -0.940. The highest BCUT2D eigenvalue weighted by atomic mass is 16.8. The highest BCUT2D eigenvalue weighted by Gasteiger charge is 2.42. The molecule has 5 nitrogen and oxygen atoms in total. The third-order valence-corrected chi connectivity index (χ3v) is 2.14. The lowest BCUT2D eigenvalue weighted by Crippen LogP contribution is -2.31. The smallest absolute Gasteiger partial charge is 0.309 e. The van der Waals surface area contributed by atoms with Crippen LogP contribution in [0.1, 0.15) is 41.0 Å². The number of hydrogen-bond donors (Lipinski definition) is 0. The molecule has 0 bridgehead atoms. The van der Waals surface area contributed by atoms with Gasteiger partial charge in [-0.1, -0.05) is 0 Å². The lowest BCUT2D eigenvalue weighted by atomic mass is 10.1. The van der Waals surface area contributed by atoms with Crippen LogP contribution in [0.15, 0.2) is 0 Å². The van der Waals surface area contributed by atoms with E-state index in [9.17, 15) is 9.59 Å². The Balaban J connectivity index is 2.56. The second-order valence-corrected chi connectivity index (χ2v) is 5.57. The summed E-state index contributed by atoms with van der Waals surface area (Å²) >= 11 is 0. The van der Waals surface area contributed by atoms with Crippen molar-refractivity contribution >= 4 is 12.3 Å². The first-order valence-electron chi connectivity index (χ1n) is 5.66. The summed E-state index contributed by atoms with van der Waals surface area (Å²) in [4.78, 5) is 22.4. The summed E-state index contributed by atoms with van der Waals surface area (Å²) < 4.78 is 16.0. The van der Waals surface area contributed by atoms with Crippen molar-refractivity contribution in [1.29, 1.82) is 0 Å². The molecule has 0 aromatic heterocycles. The Morgan fingerprint density at radius 3 is 2.41 bits per heavy atom. The molecule has 17 heavy (non-hydrogen) atoms. The summed E-state index contributed by atoms with van der Waals surface area (Å²) in [5.41, 5.74) is -0.539. The predicted molar refractivity (Wildman–Crippen MR) is 60.4 cm³/mol. The summed E-state index contributed by atoms with van der Waals surface area (Å²) in [6, 6.07) is 0. The number of esters is 1. The fourth-order valence-corrected chi connectivity index (χ4v) is 1.68. The van der Waals surface area contributed by atoms with Crippen LogP contribution < -0.4 is 0 Å². The van der Waals surface area contributed by atoms with Crippen molar-refractivity contribution in [3.8, 4) is 0 Å². The van der Waals surface area contributed by atoms with Crippen molar-refractivity contribution < 1.29 is 23.8 Å². The van der Waals surface area contributed by atoms with Gasteiger partial charge in [0.05, 0.1) is 6.42 Å². The molecule has 0 saturated carbocycles. The van der Waals surface area contributed by atoms with Crippen molar-refractivity contribution in [2.75, 3.05) is 0 Å². The van der Waals surface area contributed by atoms with Gasteiger partial charge in [-0.3, -0.25) is 4.79 Å². The predicted octanol–water partition coefficient (Wildman–Crippen LogP) is 1.44. The molecule has 1 aliphatic heterocycles. The summed E-state index contributed by atoms with van der Waals surface area (Å²) in [6.07, 6.45) is -0.608. The van der Waals surface area contributed by atoms with Gasteiger partial charge in [0, 0.05) is 0 Å². The van der Waals surface area contributed by atoms with E-state index in [-0.39, 0.29) is 6.42 Å². The van der Waals surface area contributed by atoms with Gasteiger partial charge in [0.2, 0.25) is 0 Å². The highest BCUT2D eigenvalue weighted by molar-refractivity contribution is 5.72. The molecule has 0 radical (unpaired) electrons. The molecule has 2 atom stereocenters. The van der Waals surface area contributed by atoms with Crippen molar-refractivity contribution in [3.05, 3.63) is 0 Å². The first-order chi connectivity index (χ1) is 7.63. The van der Waals surface area contributed by atoms with Gasteiger partial charge in [-0.05, 0) is 34.6 Å². The van der Waals surface area contributed by atoms with E-state index >= 15 is 0 Å². The molecule has 0 aromatic carbocycles. The molecule has 1 heterocycles.